The van der Waals surface area contributed by atoms with Crippen molar-refractivity contribution in [3.8, 4) is 0 Å². The lowest BCUT2D eigenvalue weighted by Gasteiger charge is -2.41. The Hall–Kier alpha value is 0.354. The molecule has 79 valence electrons. The molecule has 2 nitrogen and oxygen atoms in total. The Balaban J connectivity index is 4.56. The molecule has 0 N–H and O–H groups in total. The maximum Gasteiger partial charge on any atom is 0.224 e. The van der Waals surface area contributed by atoms with Gasteiger partial charge in [-0.2, -0.15) is 0 Å². The van der Waals surface area contributed by atoms with E-state index in [2.05, 4.69) is 63.4 Å². The average molecular weight is 217 g/mol. The molecule has 0 aromatic heterocycles. The van der Waals surface area contributed by atoms with E-state index in [1.54, 1.807) is 0 Å². The van der Waals surface area contributed by atoms with Crippen LogP contribution in [0, 0.1) is 0 Å². The van der Waals surface area contributed by atoms with Gasteiger partial charge < -0.3 is 8.80 Å². The zero-order valence-corrected chi connectivity index (χ0v) is 12.5. The van der Waals surface area contributed by atoms with E-state index in [0.29, 0.717) is 0 Å². The smallest absolute Gasteiger partial charge is 0.224 e. The molecule has 0 aliphatic carbocycles. The lowest BCUT2D eigenvalue weighted by Crippen LogP contribution is -2.59. The molecule has 0 fully saturated rings. The lowest BCUT2D eigenvalue weighted by molar-refractivity contribution is 0.547. The Morgan fingerprint density at radius 1 is 1.00 bits per heavy atom. The summed E-state index contributed by atoms with van der Waals surface area (Å²) in [5.74, 6) is 0. The van der Waals surface area contributed by atoms with E-state index in [1.807, 2.05) is 0 Å². The highest BCUT2D eigenvalue weighted by Gasteiger charge is 2.32. The molecule has 0 aromatic carbocycles. The van der Waals surface area contributed by atoms with Crippen molar-refractivity contribution < 1.29 is 0 Å². The molecule has 1 radical (unpaired) electrons. The van der Waals surface area contributed by atoms with Gasteiger partial charge >= 0.3 is 0 Å². The zero-order valence-electron chi connectivity index (χ0n) is 10.5. The van der Waals surface area contributed by atoms with E-state index in [9.17, 15) is 0 Å². The van der Waals surface area contributed by atoms with Gasteiger partial charge in [0.1, 0.15) is 8.24 Å². The largest absolute Gasteiger partial charge is 0.336 e. The third-order valence-electron chi connectivity index (χ3n) is 2.32. The minimum atomic E-state index is -1.11. The molecule has 0 unspecified atom stereocenters. The van der Waals surface area contributed by atoms with Crippen molar-refractivity contribution in [2.75, 3.05) is 21.1 Å². The minimum absolute atomic E-state index is 0.485. The van der Waals surface area contributed by atoms with Crippen LogP contribution < -0.4 is 0 Å². The Morgan fingerprint density at radius 2 is 1.38 bits per heavy atom. The van der Waals surface area contributed by atoms with E-state index >= 15 is 0 Å². The predicted molar refractivity (Wildman–Crippen MR) is 65.6 cm³/mol. The zero-order chi connectivity index (χ0) is 10.8. The second-order valence-electron chi connectivity index (χ2n) is 5.14. The van der Waals surface area contributed by atoms with Crippen LogP contribution in [0.4, 0.5) is 0 Å². The average Bonchev–Trinajstić information content (AvgIpc) is 1.82. The second kappa shape index (κ2) is 4.73. The van der Waals surface area contributed by atoms with Crippen molar-refractivity contribution in [1.29, 1.82) is 0 Å². The van der Waals surface area contributed by atoms with E-state index in [1.165, 1.54) is 0 Å². The summed E-state index contributed by atoms with van der Waals surface area (Å²) in [6.45, 7) is 11.9. The molecule has 0 aliphatic heterocycles. The van der Waals surface area contributed by atoms with Crippen molar-refractivity contribution in [2.24, 2.45) is 0 Å². The van der Waals surface area contributed by atoms with Crippen LogP contribution >= 0.6 is 0 Å². The van der Waals surface area contributed by atoms with Gasteiger partial charge in [0.15, 0.2) is 0 Å². The summed E-state index contributed by atoms with van der Waals surface area (Å²) in [7, 11) is 5.13. The highest BCUT2D eigenvalue weighted by molar-refractivity contribution is 6.82. The van der Waals surface area contributed by atoms with Crippen molar-refractivity contribution in [3.05, 3.63) is 0 Å². The maximum absolute atomic E-state index is 2.67. The second-order valence-corrected chi connectivity index (χ2v) is 14.0. The third kappa shape index (κ3) is 3.93. The monoisotopic (exact) mass is 217 g/mol. The maximum atomic E-state index is 2.67. The SMILES string of the molecule is CC(C)[Si](N(C)C)N(C)[Si](C)(C)C. The summed E-state index contributed by atoms with van der Waals surface area (Å²) < 4.78 is 5.09. The molecule has 0 aromatic rings. The molecule has 0 saturated carbocycles. The Bertz CT molecular complexity index is 144. The van der Waals surface area contributed by atoms with Gasteiger partial charge in [-0.15, -0.1) is 0 Å². The van der Waals surface area contributed by atoms with Crippen molar-refractivity contribution in [1.82, 2.24) is 8.80 Å². The highest BCUT2D eigenvalue weighted by Crippen LogP contribution is 2.18. The van der Waals surface area contributed by atoms with Crippen LogP contribution in [0.1, 0.15) is 13.8 Å². The van der Waals surface area contributed by atoms with Gasteiger partial charge in [-0.3, -0.25) is 0 Å². The van der Waals surface area contributed by atoms with Crippen LogP contribution in [0.15, 0.2) is 0 Å². The fourth-order valence-electron chi connectivity index (χ4n) is 1.55. The first-order valence-corrected chi connectivity index (χ1v) is 9.87. The summed E-state index contributed by atoms with van der Waals surface area (Å²) in [6, 6.07) is 0. The molecule has 0 saturated heterocycles. The Kier molecular flexibility index (Phi) is 4.86. The van der Waals surface area contributed by atoms with Crippen LogP contribution in [0.5, 0.6) is 0 Å². The van der Waals surface area contributed by atoms with E-state index in [4.69, 9.17) is 0 Å². The summed E-state index contributed by atoms with van der Waals surface area (Å²) in [5, 5.41) is 0. The first-order chi connectivity index (χ1) is 5.68. The van der Waals surface area contributed by atoms with Gasteiger partial charge in [0.25, 0.3) is 0 Å². The molecular formula is C9H25N2Si2. The van der Waals surface area contributed by atoms with Gasteiger partial charge in [-0.05, 0) is 26.7 Å². The molecule has 0 bridgehead atoms. The topological polar surface area (TPSA) is 6.48 Å². The first-order valence-electron chi connectivity index (χ1n) is 4.96. The molecule has 0 atom stereocenters. The fourth-order valence-corrected chi connectivity index (χ4v) is 8.08. The van der Waals surface area contributed by atoms with Gasteiger partial charge in [-0.25, -0.2) is 0 Å². The number of nitrogens with zero attached hydrogens (tertiary/aromatic N) is 2. The normalized spacial score (nSPS) is 13.8. The number of hydrogen-bond donors (Lipinski definition) is 0. The minimum Gasteiger partial charge on any atom is -0.336 e. The van der Waals surface area contributed by atoms with Gasteiger partial charge in [-0.1, -0.05) is 33.5 Å². The molecular weight excluding hydrogens is 192 g/mol. The van der Waals surface area contributed by atoms with E-state index in [-0.39, 0.29) is 0 Å². The first kappa shape index (κ1) is 13.4. The molecule has 0 aliphatic rings. The van der Waals surface area contributed by atoms with E-state index in [0.717, 1.165) is 5.54 Å². The van der Waals surface area contributed by atoms with Crippen LogP contribution in [-0.4, -0.2) is 47.3 Å². The van der Waals surface area contributed by atoms with Gasteiger partial charge in [0, 0.05) is 0 Å². The molecule has 13 heavy (non-hydrogen) atoms. The quantitative estimate of drug-likeness (QED) is 0.666. The summed E-state index contributed by atoms with van der Waals surface area (Å²) in [6.07, 6.45) is 0. The number of rotatable bonds is 4. The molecule has 0 heterocycles. The summed E-state index contributed by atoms with van der Waals surface area (Å²) in [4.78, 5) is 0. The van der Waals surface area contributed by atoms with E-state index < -0.39 is 17.4 Å². The fraction of sp³-hybridized carbons (Fsp3) is 1.00. The summed E-state index contributed by atoms with van der Waals surface area (Å²) >= 11 is 0. The standard InChI is InChI=1S/C9H25N2Si2/c1-9(2)12(10(3)4)11(5)13(6,7)8/h9H,1-8H3. The van der Waals surface area contributed by atoms with Crippen molar-refractivity contribution in [3.63, 3.8) is 0 Å². The van der Waals surface area contributed by atoms with Crippen LogP contribution in [0.25, 0.3) is 0 Å². The van der Waals surface area contributed by atoms with Crippen molar-refractivity contribution in [2.45, 2.75) is 39.0 Å². The predicted octanol–water partition coefficient (Wildman–Crippen LogP) is 2.21. The van der Waals surface area contributed by atoms with Gasteiger partial charge in [0.05, 0.1) is 0 Å². The summed E-state index contributed by atoms with van der Waals surface area (Å²) in [5.41, 5.74) is 0.789. The third-order valence-corrected chi connectivity index (χ3v) is 9.67. The lowest BCUT2D eigenvalue weighted by atomic mass is 10.6. The highest BCUT2D eigenvalue weighted by atomic mass is 28.4. The number of hydrogen-bond acceptors (Lipinski definition) is 2. The van der Waals surface area contributed by atoms with Gasteiger partial charge in [0.2, 0.25) is 9.12 Å². The van der Waals surface area contributed by atoms with Crippen LogP contribution in [0.2, 0.25) is 25.2 Å². The van der Waals surface area contributed by atoms with Crippen LogP contribution in [-0.2, 0) is 0 Å². The Labute approximate surface area is 86.8 Å². The molecule has 4 heteroatoms. The molecule has 0 rings (SSSR count). The van der Waals surface area contributed by atoms with Crippen molar-refractivity contribution >= 4 is 17.4 Å². The van der Waals surface area contributed by atoms with Crippen LogP contribution in [0.3, 0.4) is 0 Å². The Morgan fingerprint density at radius 3 is 1.46 bits per heavy atom. The molecule has 0 spiro atoms. The molecule has 0 amide bonds.